The lowest BCUT2D eigenvalue weighted by Gasteiger charge is -2.05. The van der Waals surface area contributed by atoms with Gasteiger partial charge in [-0.1, -0.05) is 20.8 Å². The van der Waals surface area contributed by atoms with Gasteiger partial charge in [0.2, 0.25) is 0 Å². The van der Waals surface area contributed by atoms with Crippen LogP contribution < -0.4 is 5.32 Å². The van der Waals surface area contributed by atoms with Gasteiger partial charge in [-0.3, -0.25) is 0 Å². The second-order valence-electron chi connectivity index (χ2n) is 4.39. The van der Waals surface area contributed by atoms with Gasteiger partial charge >= 0.3 is 0 Å². The molecule has 0 aliphatic rings. The first-order valence-corrected chi connectivity index (χ1v) is 6.61. The molecule has 1 rings (SSSR count). The lowest BCUT2D eigenvalue weighted by molar-refractivity contribution is 0.554. The van der Waals surface area contributed by atoms with Crippen LogP contribution >= 0.6 is 11.3 Å². The third-order valence-electron chi connectivity index (χ3n) is 2.24. The first kappa shape index (κ1) is 12.7. The third kappa shape index (κ3) is 4.31. The molecule has 86 valence electrons. The van der Waals surface area contributed by atoms with Gasteiger partial charge in [-0.2, -0.15) is 0 Å². The number of hydrogen-bond acceptors (Lipinski definition) is 3. The van der Waals surface area contributed by atoms with Crippen molar-refractivity contribution < 1.29 is 0 Å². The standard InChI is InChI=1S/C12H22N2S/c1-5-6-12-14-10(4)11(15-12)8-13-7-9(2)3/h9,13H,5-8H2,1-4H3. The Hall–Kier alpha value is -0.410. The molecule has 0 radical (unpaired) electrons. The number of aryl methyl sites for hydroxylation is 2. The van der Waals surface area contributed by atoms with Gasteiger partial charge in [0.25, 0.3) is 0 Å². The first-order chi connectivity index (χ1) is 7.13. The van der Waals surface area contributed by atoms with Crippen molar-refractivity contribution in [3.05, 3.63) is 15.6 Å². The highest BCUT2D eigenvalue weighted by Crippen LogP contribution is 2.19. The molecule has 1 heterocycles. The molecule has 0 saturated heterocycles. The molecule has 0 spiro atoms. The highest BCUT2D eigenvalue weighted by molar-refractivity contribution is 7.11. The summed E-state index contributed by atoms with van der Waals surface area (Å²) in [6.07, 6.45) is 2.31. The first-order valence-electron chi connectivity index (χ1n) is 5.79. The molecule has 0 unspecified atom stereocenters. The lowest BCUT2D eigenvalue weighted by atomic mass is 10.2. The molecule has 15 heavy (non-hydrogen) atoms. The van der Waals surface area contributed by atoms with E-state index in [0.717, 1.165) is 19.5 Å². The second kappa shape index (κ2) is 6.23. The van der Waals surface area contributed by atoms with Gasteiger partial charge in [-0.25, -0.2) is 4.98 Å². The maximum absolute atomic E-state index is 4.58. The minimum absolute atomic E-state index is 0.716. The highest BCUT2D eigenvalue weighted by atomic mass is 32.1. The zero-order valence-electron chi connectivity index (χ0n) is 10.3. The van der Waals surface area contributed by atoms with Gasteiger partial charge < -0.3 is 5.32 Å². The van der Waals surface area contributed by atoms with Crippen LogP contribution in [0.2, 0.25) is 0 Å². The summed E-state index contributed by atoms with van der Waals surface area (Å²) in [6, 6.07) is 0. The Morgan fingerprint density at radius 1 is 1.40 bits per heavy atom. The van der Waals surface area contributed by atoms with E-state index in [4.69, 9.17) is 0 Å². The van der Waals surface area contributed by atoms with Gasteiger partial charge in [0.1, 0.15) is 0 Å². The Bertz CT molecular complexity index is 292. The van der Waals surface area contributed by atoms with Crippen LogP contribution in [0, 0.1) is 12.8 Å². The van der Waals surface area contributed by atoms with Crippen molar-refractivity contribution in [3.63, 3.8) is 0 Å². The van der Waals surface area contributed by atoms with Crippen LogP contribution in [0.4, 0.5) is 0 Å². The minimum atomic E-state index is 0.716. The van der Waals surface area contributed by atoms with Crippen molar-refractivity contribution in [3.8, 4) is 0 Å². The van der Waals surface area contributed by atoms with E-state index in [1.54, 1.807) is 0 Å². The predicted molar refractivity (Wildman–Crippen MR) is 67.4 cm³/mol. The molecule has 1 N–H and O–H groups in total. The van der Waals surface area contributed by atoms with Crippen LogP contribution in [0.3, 0.4) is 0 Å². The fourth-order valence-corrected chi connectivity index (χ4v) is 2.59. The average molecular weight is 226 g/mol. The Labute approximate surface area is 97.1 Å². The van der Waals surface area contributed by atoms with E-state index in [1.165, 1.54) is 22.0 Å². The van der Waals surface area contributed by atoms with E-state index in [0.29, 0.717) is 5.92 Å². The molecule has 0 atom stereocenters. The number of hydrogen-bond donors (Lipinski definition) is 1. The van der Waals surface area contributed by atoms with Crippen LogP contribution in [0.5, 0.6) is 0 Å². The molecule has 0 aliphatic heterocycles. The number of nitrogens with one attached hydrogen (secondary N) is 1. The van der Waals surface area contributed by atoms with E-state index < -0.39 is 0 Å². The molecule has 0 fully saturated rings. The molecule has 0 aromatic carbocycles. The largest absolute Gasteiger partial charge is 0.312 e. The van der Waals surface area contributed by atoms with Crippen molar-refractivity contribution in [2.45, 2.75) is 47.1 Å². The zero-order chi connectivity index (χ0) is 11.3. The van der Waals surface area contributed by atoms with Crippen LogP contribution in [0.25, 0.3) is 0 Å². The van der Waals surface area contributed by atoms with Gasteiger partial charge in [-0.15, -0.1) is 11.3 Å². The molecule has 3 heteroatoms. The summed E-state index contributed by atoms with van der Waals surface area (Å²) < 4.78 is 0. The van der Waals surface area contributed by atoms with E-state index >= 15 is 0 Å². The molecular weight excluding hydrogens is 204 g/mol. The topological polar surface area (TPSA) is 24.9 Å². The van der Waals surface area contributed by atoms with Crippen LogP contribution in [-0.2, 0) is 13.0 Å². The van der Waals surface area contributed by atoms with E-state index in [-0.39, 0.29) is 0 Å². The van der Waals surface area contributed by atoms with E-state index in [9.17, 15) is 0 Å². The van der Waals surface area contributed by atoms with Gasteiger partial charge in [0.15, 0.2) is 0 Å². The summed E-state index contributed by atoms with van der Waals surface area (Å²) in [4.78, 5) is 5.98. The number of nitrogens with zero attached hydrogens (tertiary/aromatic N) is 1. The van der Waals surface area contributed by atoms with Gasteiger partial charge in [0.05, 0.1) is 10.7 Å². The molecular formula is C12H22N2S. The number of thiazole rings is 1. The summed E-state index contributed by atoms with van der Waals surface area (Å²) >= 11 is 1.86. The zero-order valence-corrected chi connectivity index (χ0v) is 11.1. The molecule has 0 bridgehead atoms. The van der Waals surface area contributed by atoms with Crippen LogP contribution in [-0.4, -0.2) is 11.5 Å². The summed E-state index contributed by atoms with van der Waals surface area (Å²) in [5, 5.41) is 4.76. The summed E-state index contributed by atoms with van der Waals surface area (Å²) in [7, 11) is 0. The Morgan fingerprint density at radius 3 is 2.73 bits per heavy atom. The van der Waals surface area contributed by atoms with Crippen molar-refractivity contribution in [1.82, 2.24) is 10.3 Å². The molecule has 0 amide bonds. The average Bonchev–Trinajstić information content (AvgIpc) is 2.47. The normalized spacial score (nSPS) is 11.3. The van der Waals surface area contributed by atoms with E-state index in [1.807, 2.05) is 11.3 Å². The quantitative estimate of drug-likeness (QED) is 0.806. The Morgan fingerprint density at radius 2 is 2.13 bits per heavy atom. The molecule has 1 aromatic heterocycles. The fourth-order valence-electron chi connectivity index (χ4n) is 1.45. The molecule has 1 aromatic rings. The molecule has 2 nitrogen and oxygen atoms in total. The van der Waals surface area contributed by atoms with Crippen LogP contribution in [0.15, 0.2) is 0 Å². The van der Waals surface area contributed by atoms with Crippen molar-refractivity contribution in [2.24, 2.45) is 5.92 Å². The van der Waals surface area contributed by atoms with Crippen molar-refractivity contribution in [2.75, 3.05) is 6.54 Å². The Balaban J connectivity index is 2.46. The number of aromatic nitrogens is 1. The maximum atomic E-state index is 4.58. The van der Waals surface area contributed by atoms with Crippen LogP contribution in [0.1, 0.15) is 42.8 Å². The lowest BCUT2D eigenvalue weighted by Crippen LogP contribution is -2.18. The molecule has 0 aliphatic carbocycles. The highest BCUT2D eigenvalue weighted by Gasteiger charge is 2.06. The second-order valence-corrected chi connectivity index (χ2v) is 5.56. The maximum Gasteiger partial charge on any atom is 0.0931 e. The SMILES string of the molecule is CCCc1nc(C)c(CNCC(C)C)s1. The summed E-state index contributed by atoms with van der Waals surface area (Å²) in [5.41, 5.74) is 1.21. The van der Waals surface area contributed by atoms with Crippen molar-refractivity contribution in [1.29, 1.82) is 0 Å². The smallest absolute Gasteiger partial charge is 0.0931 e. The molecule has 0 saturated carbocycles. The fraction of sp³-hybridized carbons (Fsp3) is 0.750. The minimum Gasteiger partial charge on any atom is -0.312 e. The van der Waals surface area contributed by atoms with Gasteiger partial charge in [-0.05, 0) is 32.2 Å². The summed E-state index contributed by atoms with van der Waals surface area (Å²) in [5.74, 6) is 0.716. The Kier molecular flexibility index (Phi) is 5.26. The number of rotatable bonds is 6. The third-order valence-corrected chi connectivity index (χ3v) is 3.46. The van der Waals surface area contributed by atoms with E-state index in [2.05, 4.69) is 38.0 Å². The predicted octanol–water partition coefficient (Wildman–Crippen LogP) is 3.15. The van der Waals surface area contributed by atoms with Gasteiger partial charge in [0, 0.05) is 11.4 Å². The summed E-state index contributed by atoms with van der Waals surface area (Å²) in [6.45, 7) is 10.8. The monoisotopic (exact) mass is 226 g/mol. The van der Waals surface area contributed by atoms with Crippen molar-refractivity contribution >= 4 is 11.3 Å².